The molecule has 1 amide bonds. The van der Waals surface area contributed by atoms with Crippen molar-refractivity contribution in [2.24, 2.45) is 5.41 Å². The summed E-state index contributed by atoms with van der Waals surface area (Å²) in [5, 5.41) is 13.8. The predicted octanol–water partition coefficient (Wildman–Crippen LogP) is 2.37. The minimum absolute atomic E-state index is 0.239. The first kappa shape index (κ1) is 18.0. The summed E-state index contributed by atoms with van der Waals surface area (Å²) < 4.78 is 7.45. The van der Waals surface area contributed by atoms with Crippen molar-refractivity contribution in [2.75, 3.05) is 30.8 Å². The Bertz CT molecular complexity index is 1060. The molecule has 9 heteroatoms. The fourth-order valence-electron chi connectivity index (χ4n) is 3.00. The van der Waals surface area contributed by atoms with Gasteiger partial charge in [-0.05, 0) is 18.6 Å². The molecule has 3 N–H and O–H groups in total. The molecule has 3 aromatic rings. The molecular formula is C19H23N7O2. The third-order valence-electron chi connectivity index (χ3n) is 4.51. The zero-order chi connectivity index (χ0) is 19.9. The number of ether oxygens (including phenoxy) is 1. The number of hydrogen-bond donors (Lipinski definition) is 3. The van der Waals surface area contributed by atoms with E-state index < -0.39 is 0 Å². The van der Waals surface area contributed by atoms with Gasteiger partial charge >= 0.3 is 0 Å². The van der Waals surface area contributed by atoms with Crippen molar-refractivity contribution in [3.05, 3.63) is 35.7 Å². The smallest absolute Gasteiger partial charge is 0.271 e. The Morgan fingerprint density at radius 1 is 1.25 bits per heavy atom. The Labute approximate surface area is 162 Å². The molecule has 0 aromatic carbocycles. The Hall–Kier alpha value is -3.36. The molecule has 28 heavy (non-hydrogen) atoms. The lowest BCUT2D eigenvalue weighted by Crippen LogP contribution is -2.38. The van der Waals surface area contributed by atoms with Crippen LogP contribution < -0.4 is 20.7 Å². The van der Waals surface area contributed by atoms with Crippen LogP contribution in [0.2, 0.25) is 0 Å². The molecule has 1 aliphatic rings. The number of anilines is 3. The second kappa shape index (κ2) is 6.66. The van der Waals surface area contributed by atoms with Crippen LogP contribution in [-0.2, 0) is 0 Å². The minimum Gasteiger partial charge on any atom is -0.477 e. The van der Waals surface area contributed by atoms with Crippen LogP contribution in [0.1, 0.15) is 29.9 Å². The van der Waals surface area contributed by atoms with Crippen molar-refractivity contribution in [2.45, 2.75) is 20.8 Å². The second-order valence-corrected chi connectivity index (χ2v) is 7.70. The molecule has 4 bridgehead atoms. The van der Waals surface area contributed by atoms with Crippen molar-refractivity contribution in [3.8, 4) is 5.88 Å². The van der Waals surface area contributed by atoms with E-state index in [2.05, 4.69) is 31.0 Å². The number of amides is 1. The number of nitrogens with zero attached hydrogens (tertiary/aromatic N) is 4. The van der Waals surface area contributed by atoms with Crippen LogP contribution in [0.25, 0.3) is 5.65 Å². The van der Waals surface area contributed by atoms with Gasteiger partial charge in [0, 0.05) is 31.1 Å². The van der Waals surface area contributed by atoms with Crippen LogP contribution in [-0.4, -0.2) is 45.7 Å². The average molecular weight is 381 g/mol. The fraction of sp³-hybridized carbons (Fsp3) is 0.368. The van der Waals surface area contributed by atoms with Gasteiger partial charge < -0.3 is 20.7 Å². The molecule has 9 nitrogen and oxygen atoms in total. The van der Waals surface area contributed by atoms with Gasteiger partial charge in [-0.15, -0.1) is 5.10 Å². The number of rotatable bonds is 1. The maximum absolute atomic E-state index is 12.8. The number of hydrogen-bond acceptors (Lipinski definition) is 7. The maximum Gasteiger partial charge on any atom is 0.271 e. The van der Waals surface area contributed by atoms with Gasteiger partial charge in [0.15, 0.2) is 17.2 Å². The molecule has 3 aromatic heterocycles. The lowest BCUT2D eigenvalue weighted by molar-refractivity contribution is 0.0910. The van der Waals surface area contributed by atoms with Crippen LogP contribution in [0.5, 0.6) is 5.88 Å². The van der Waals surface area contributed by atoms with Gasteiger partial charge in [0.2, 0.25) is 5.88 Å². The van der Waals surface area contributed by atoms with Gasteiger partial charge in [0.1, 0.15) is 5.82 Å². The van der Waals surface area contributed by atoms with Gasteiger partial charge in [-0.1, -0.05) is 13.8 Å². The van der Waals surface area contributed by atoms with Crippen molar-refractivity contribution in [3.63, 3.8) is 0 Å². The van der Waals surface area contributed by atoms with E-state index in [1.54, 1.807) is 7.05 Å². The van der Waals surface area contributed by atoms with E-state index in [4.69, 9.17) is 4.74 Å². The largest absolute Gasteiger partial charge is 0.477 e. The van der Waals surface area contributed by atoms with Gasteiger partial charge in [-0.3, -0.25) is 4.79 Å². The molecule has 1 aliphatic heterocycles. The number of carbonyl (C=O) groups is 1. The Balaban J connectivity index is 1.87. The zero-order valence-corrected chi connectivity index (χ0v) is 16.3. The maximum atomic E-state index is 12.8. The molecule has 0 unspecified atom stereocenters. The molecule has 0 atom stereocenters. The van der Waals surface area contributed by atoms with Crippen LogP contribution in [0, 0.1) is 12.3 Å². The summed E-state index contributed by atoms with van der Waals surface area (Å²) in [7, 11) is 1.80. The second-order valence-electron chi connectivity index (χ2n) is 7.70. The summed E-state index contributed by atoms with van der Waals surface area (Å²) in [5.41, 5.74) is 2.42. The third kappa shape index (κ3) is 3.42. The molecule has 0 saturated carbocycles. The number of carbonyl (C=O) groups excluding carboxylic acids is 1. The van der Waals surface area contributed by atoms with Gasteiger partial charge in [0.25, 0.3) is 5.91 Å². The van der Waals surface area contributed by atoms with Crippen molar-refractivity contribution >= 4 is 28.9 Å². The Kier molecular flexibility index (Phi) is 4.29. The van der Waals surface area contributed by atoms with E-state index in [-0.39, 0.29) is 11.3 Å². The van der Waals surface area contributed by atoms with Crippen LogP contribution >= 0.6 is 0 Å². The SMILES string of the molecule is CNc1cc2nn3c(cnc13)C(=O)NCC(C)(C)COc1cc(C)cc(n1)N2. The highest BCUT2D eigenvalue weighted by molar-refractivity contribution is 5.94. The van der Waals surface area contributed by atoms with E-state index in [1.165, 1.54) is 10.7 Å². The number of fused-ring (bicyclic) bond motifs is 3. The molecule has 4 rings (SSSR count). The number of aryl methyl sites for hydroxylation is 1. The third-order valence-corrected chi connectivity index (χ3v) is 4.51. The summed E-state index contributed by atoms with van der Waals surface area (Å²) in [6.07, 6.45) is 1.53. The molecule has 0 aliphatic carbocycles. The first-order valence-corrected chi connectivity index (χ1v) is 9.08. The summed E-state index contributed by atoms with van der Waals surface area (Å²) in [5.74, 6) is 1.43. The molecular weight excluding hydrogens is 358 g/mol. The van der Waals surface area contributed by atoms with E-state index in [0.717, 1.165) is 11.3 Å². The van der Waals surface area contributed by atoms with Crippen molar-refractivity contribution in [1.29, 1.82) is 0 Å². The van der Waals surface area contributed by atoms with Crippen LogP contribution in [0.15, 0.2) is 24.4 Å². The Morgan fingerprint density at radius 3 is 2.86 bits per heavy atom. The first-order valence-electron chi connectivity index (χ1n) is 9.08. The quantitative estimate of drug-likeness (QED) is 0.594. The van der Waals surface area contributed by atoms with E-state index in [1.807, 2.05) is 39.0 Å². The molecule has 0 spiro atoms. The number of aromatic nitrogens is 4. The standard InChI is InChI=1S/C19H23N7O2/c1-11-5-14-23-15-7-12(20-4)17-21-8-13(26(17)25-15)18(27)22-9-19(2,3)10-28-16(6-11)24-14/h5-8,20H,9-10H2,1-4H3,(H,22,27)(H,23,24,25). The van der Waals surface area contributed by atoms with Crippen molar-refractivity contribution < 1.29 is 9.53 Å². The van der Waals surface area contributed by atoms with Gasteiger partial charge in [-0.25, -0.2) is 9.50 Å². The summed E-state index contributed by atoms with van der Waals surface area (Å²) in [4.78, 5) is 21.6. The number of pyridine rings is 1. The van der Waals surface area contributed by atoms with Crippen LogP contribution in [0.4, 0.5) is 17.3 Å². The molecule has 0 saturated heterocycles. The highest BCUT2D eigenvalue weighted by Crippen LogP contribution is 2.25. The summed E-state index contributed by atoms with van der Waals surface area (Å²) in [6.45, 7) is 6.89. The van der Waals surface area contributed by atoms with Crippen LogP contribution in [0.3, 0.4) is 0 Å². The first-order chi connectivity index (χ1) is 13.3. The fourth-order valence-corrected chi connectivity index (χ4v) is 3.00. The van der Waals surface area contributed by atoms with E-state index >= 15 is 0 Å². The normalized spacial score (nSPS) is 16.1. The highest BCUT2D eigenvalue weighted by atomic mass is 16.5. The lowest BCUT2D eigenvalue weighted by Gasteiger charge is -2.25. The summed E-state index contributed by atoms with van der Waals surface area (Å²) in [6, 6.07) is 5.62. The number of imidazole rings is 1. The topological polar surface area (TPSA) is 105 Å². The Morgan fingerprint density at radius 2 is 2.07 bits per heavy atom. The van der Waals surface area contributed by atoms with Gasteiger partial charge in [-0.2, -0.15) is 4.98 Å². The summed E-state index contributed by atoms with van der Waals surface area (Å²) >= 11 is 0. The molecule has 0 fully saturated rings. The monoisotopic (exact) mass is 381 g/mol. The lowest BCUT2D eigenvalue weighted by atomic mass is 9.95. The molecule has 0 radical (unpaired) electrons. The molecule has 4 heterocycles. The minimum atomic E-state index is -0.284. The van der Waals surface area contributed by atoms with E-state index in [0.29, 0.717) is 42.0 Å². The predicted molar refractivity (Wildman–Crippen MR) is 106 cm³/mol. The van der Waals surface area contributed by atoms with Gasteiger partial charge in [0.05, 0.1) is 18.5 Å². The number of nitrogens with one attached hydrogen (secondary N) is 3. The molecule has 146 valence electrons. The zero-order valence-electron chi connectivity index (χ0n) is 16.3. The van der Waals surface area contributed by atoms with Crippen molar-refractivity contribution in [1.82, 2.24) is 24.9 Å². The average Bonchev–Trinajstić information content (AvgIpc) is 3.07. The van der Waals surface area contributed by atoms with E-state index in [9.17, 15) is 4.79 Å². The highest BCUT2D eigenvalue weighted by Gasteiger charge is 2.23.